The van der Waals surface area contributed by atoms with Crippen LogP contribution in [0.25, 0.3) is 0 Å². The van der Waals surface area contributed by atoms with E-state index in [9.17, 15) is 5.11 Å². The van der Waals surface area contributed by atoms with Gasteiger partial charge in [0.05, 0.1) is 18.8 Å². The molecule has 3 rings (SSSR count). The summed E-state index contributed by atoms with van der Waals surface area (Å²) >= 11 is 0. The molecule has 0 amide bonds. The van der Waals surface area contributed by atoms with Crippen molar-refractivity contribution in [1.82, 2.24) is 20.4 Å². The molecule has 0 aliphatic carbocycles. The molecule has 7 nitrogen and oxygen atoms in total. The van der Waals surface area contributed by atoms with Gasteiger partial charge in [0.15, 0.2) is 0 Å². The van der Waals surface area contributed by atoms with E-state index in [1.807, 2.05) is 0 Å². The van der Waals surface area contributed by atoms with E-state index in [1.165, 1.54) is 0 Å². The SMILES string of the molecule is CCCN1CCOC(c2noc(C3CC(O)CN3)n2)C1. The van der Waals surface area contributed by atoms with Crippen LogP contribution in [0.3, 0.4) is 0 Å². The number of hydrogen-bond acceptors (Lipinski definition) is 7. The third-order valence-corrected chi connectivity index (χ3v) is 3.84. The number of rotatable bonds is 4. The van der Waals surface area contributed by atoms with Crippen molar-refractivity contribution in [3.05, 3.63) is 11.7 Å². The van der Waals surface area contributed by atoms with E-state index in [4.69, 9.17) is 9.26 Å². The molecule has 2 aliphatic heterocycles. The lowest BCUT2D eigenvalue weighted by Gasteiger charge is -2.30. The number of aromatic nitrogens is 2. The molecule has 0 radical (unpaired) electrons. The fraction of sp³-hybridized carbons (Fsp3) is 0.846. The Bertz CT molecular complexity index is 437. The Labute approximate surface area is 118 Å². The summed E-state index contributed by atoms with van der Waals surface area (Å²) in [4.78, 5) is 6.80. The molecular weight excluding hydrogens is 260 g/mol. The maximum atomic E-state index is 9.53. The first-order chi connectivity index (χ1) is 9.76. The van der Waals surface area contributed by atoms with Crippen molar-refractivity contribution in [3.63, 3.8) is 0 Å². The standard InChI is InChI=1S/C13H22N4O3/c1-2-3-17-4-5-19-11(8-17)12-15-13(20-16-12)10-6-9(18)7-14-10/h9-11,14,18H,2-8H2,1H3. The van der Waals surface area contributed by atoms with E-state index in [0.717, 1.165) is 26.1 Å². The highest BCUT2D eigenvalue weighted by Gasteiger charge is 2.31. The van der Waals surface area contributed by atoms with Gasteiger partial charge in [-0.3, -0.25) is 4.90 Å². The van der Waals surface area contributed by atoms with Gasteiger partial charge in [-0.05, 0) is 19.4 Å². The van der Waals surface area contributed by atoms with Crippen molar-refractivity contribution in [3.8, 4) is 0 Å². The predicted octanol–water partition coefficient (Wildman–Crippen LogP) is 0.248. The Balaban J connectivity index is 1.64. The van der Waals surface area contributed by atoms with E-state index in [2.05, 4.69) is 27.3 Å². The Morgan fingerprint density at radius 3 is 3.15 bits per heavy atom. The van der Waals surface area contributed by atoms with Crippen LogP contribution >= 0.6 is 0 Å². The molecule has 1 aromatic rings. The number of morpholine rings is 1. The minimum Gasteiger partial charge on any atom is -0.392 e. The lowest BCUT2D eigenvalue weighted by Crippen LogP contribution is -2.39. The first-order valence-corrected chi connectivity index (χ1v) is 7.35. The van der Waals surface area contributed by atoms with E-state index in [-0.39, 0.29) is 18.2 Å². The summed E-state index contributed by atoms with van der Waals surface area (Å²) in [7, 11) is 0. The molecule has 112 valence electrons. The Hall–Kier alpha value is -1.02. The average molecular weight is 282 g/mol. The molecule has 2 fully saturated rings. The lowest BCUT2D eigenvalue weighted by molar-refractivity contribution is -0.0350. The van der Waals surface area contributed by atoms with Crippen LogP contribution in [0, 0.1) is 0 Å². The van der Waals surface area contributed by atoms with Gasteiger partial charge in [0, 0.05) is 19.6 Å². The molecule has 2 aliphatic rings. The average Bonchev–Trinajstić information content (AvgIpc) is 3.08. The van der Waals surface area contributed by atoms with Crippen LogP contribution in [-0.4, -0.2) is 59.0 Å². The Morgan fingerprint density at radius 1 is 1.50 bits per heavy atom. The second-order valence-electron chi connectivity index (χ2n) is 5.50. The van der Waals surface area contributed by atoms with Crippen LogP contribution in [0.4, 0.5) is 0 Å². The number of β-amino-alcohol motifs (C(OH)–C–C–N with tert-alkyl or cyclic N) is 1. The molecule has 0 bridgehead atoms. The monoisotopic (exact) mass is 282 g/mol. The highest BCUT2D eigenvalue weighted by Crippen LogP contribution is 2.25. The summed E-state index contributed by atoms with van der Waals surface area (Å²) in [5, 5.41) is 16.7. The summed E-state index contributed by atoms with van der Waals surface area (Å²) in [5.74, 6) is 1.16. The number of ether oxygens (including phenoxy) is 1. The molecule has 7 heteroatoms. The first-order valence-electron chi connectivity index (χ1n) is 7.35. The fourth-order valence-corrected chi connectivity index (χ4v) is 2.80. The maximum Gasteiger partial charge on any atom is 0.243 e. The molecule has 3 unspecified atom stereocenters. The molecular formula is C13H22N4O3. The van der Waals surface area contributed by atoms with Crippen molar-refractivity contribution in [1.29, 1.82) is 0 Å². The largest absolute Gasteiger partial charge is 0.392 e. The summed E-state index contributed by atoms with van der Waals surface area (Å²) in [6, 6.07) is -0.0402. The minimum atomic E-state index is -0.332. The molecule has 1 aromatic heterocycles. The van der Waals surface area contributed by atoms with Crippen molar-refractivity contribution in [2.45, 2.75) is 38.0 Å². The second-order valence-corrected chi connectivity index (χ2v) is 5.50. The van der Waals surface area contributed by atoms with Gasteiger partial charge in [0.2, 0.25) is 11.7 Å². The zero-order valence-electron chi connectivity index (χ0n) is 11.8. The fourth-order valence-electron chi connectivity index (χ4n) is 2.80. The van der Waals surface area contributed by atoms with Gasteiger partial charge < -0.3 is 19.7 Å². The zero-order valence-corrected chi connectivity index (χ0v) is 11.8. The Morgan fingerprint density at radius 2 is 2.40 bits per heavy atom. The third kappa shape index (κ3) is 3.01. The van der Waals surface area contributed by atoms with Gasteiger partial charge in [-0.25, -0.2) is 0 Å². The molecule has 2 saturated heterocycles. The lowest BCUT2D eigenvalue weighted by atomic mass is 10.2. The van der Waals surface area contributed by atoms with Gasteiger partial charge in [0.25, 0.3) is 0 Å². The summed E-state index contributed by atoms with van der Waals surface area (Å²) < 4.78 is 11.1. The molecule has 20 heavy (non-hydrogen) atoms. The third-order valence-electron chi connectivity index (χ3n) is 3.84. The quantitative estimate of drug-likeness (QED) is 0.819. The topological polar surface area (TPSA) is 83.7 Å². The first kappa shape index (κ1) is 13.9. The van der Waals surface area contributed by atoms with E-state index in [1.54, 1.807) is 0 Å². The van der Waals surface area contributed by atoms with Crippen molar-refractivity contribution >= 4 is 0 Å². The summed E-state index contributed by atoms with van der Waals surface area (Å²) in [5.41, 5.74) is 0. The van der Waals surface area contributed by atoms with Gasteiger partial charge in [0.1, 0.15) is 6.10 Å². The minimum absolute atomic E-state index is 0.0402. The molecule has 0 saturated carbocycles. The van der Waals surface area contributed by atoms with Gasteiger partial charge >= 0.3 is 0 Å². The van der Waals surface area contributed by atoms with Gasteiger partial charge in [-0.1, -0.05) is 12.1 Å². The Kier molecular flexibility index (Phi) is 4.30. The van der Waals surface area contributed by atoms with Crippen LogP contribution in [-0.2, 0) is 4.74 Å². The normalized spacial score (nSPS) is 31.8. The van der Waals surface area contributed by atoms with E-state index >= 15 is 0 Å². The van der Waals surface area contributed by atoms with Crippen LogP contribution in [0.15, 0.2) is 4.52 Å². The number of nitrogens with zero attached hydrogens (tertiary/aromatic N) is 3. The van der Waals surface area contributed by atoms with Crippen LogP contribution in [0.2, 0.25) is 0 Å². The molecule has 0 spiro atoms. The molecule has 2 N–H and O–H groups in total. The molecule has 0 aromatic carbocycles. The van der Waals surface area contributed by atoms with E-state index in [0.29, 0.717) is 31.3 Å². The number of hydrogen-bond donors (Lipinski definition) is 2. The second kappa shape index (κ2) is 6.17. The molecule has 3 heterocycles. The van der Waals surface area contributed by atoms with Crippen LogP contribution in [0.1, 0.15) is 43.6 Å². The smallest absolute Gasteiger partial charge is 0.243 e. The van der Waals surface area contributed by atoms with Crippen molar-refractivity contribution < 1.29 is 14.4 Å². The van der Waals surface area contributed by atoms with E-state index < -0.39 is 0 Å². The number of nitrogens with one attached hydrogen (secondary N) is 1. The highest BCUT2D eigenvalue weighted by molar-refractivity contribution is 5.00. The summed E-state index contributed by atoms with van der Waals surface area (Å²) in [6.07, 6.45) is 1.31. The molecule has 3 atom stereocenters. The van der Waals surface area contributed by atoms with Crippen molar-refractivity contribution in [2.24, 2.45) is 0 Å². The highest BCUT2D eigenvalue weighted by atomic mass is 16.5. The van der Waals surface area contributed by atoms with Crippen LogP contribution < -0.4 is 5.32 Å². The van der Waals surface area contributed by atoms with Gasteiger partial charge in [-0.15, -0.1) is 0 Å². The van der Waals surface area contributed by atoms with Crippen molar-refractivity contribution in [2.75, 3.05) is 32.8 Å². The summed E-state index contributed by atoms with van der Waals surface area (Å²) in [6.45, 7) is 6.30. The number of aliphatic hydroxyl groups is 1. The number of aliphatic hydroxyl groups excluding tert-OH is 1. The predicted molar refractivity (Wildman–Crippen MR) is 71.1 cm³/mol. The van der Waals surface area contributed by atoms with Gasteiger partial charge in [-0.2, -0.15) is 4.98 Å². The maximum absolute atomic E-state index is 9.53. The van der Waals surface area contributed by atoms with Crippen LogP contribution in [0.5, 0.6) is 0 Å². The zero-order chi connectivity index (χ0) is 13.9.